The molecule has 1 aromatic carbocycles. The third-order valence-electron chi connectivity index (χ3n) is 3.95. The number of nitrogens with zero attached hydrogens (tertiary/aromatic N) is 2. The second-order valence-electron chi connectivity index (χ2n) is 5.43. The van der Waals surface area contributed by atoms with E-state index < -0.39 is 0 Å². The number of aliphatic imine (C=N–C) groups is 1. The summed E-state index contributed by atoms with van der Waals surface area (Å²) >= 11 is 0. The first-order valence-corrected chi connectivity index (χ1v) is 7.00. The number of amides is 2. The number of ether oxygens (including phenoxy) is 2. The molecule has 6 nitrogen and oxygen atoms in total. The Morgan fingerprint density at radius 1 is 1.33 bits per heavy atom. The van der Waals surface area contributed by atoms with Gasteiger partial charge in [0.05, 0.1) is 14.2 Å². The molecule has 1 saturated carbocycles. The minimum absolute atomic E-state index is 0.269. The molecule has 3 rings (SSSR count). The molecule has 1 atom stereocenters. The minimum atomic E-state index is -0.372. The van der Waals surface area contributed by atoms with Crippen molar-refractivity contribution in [1.82, 2.24) is 4.90 Å². The van der Waals surface area contributed by atoms with Crippen molar-refractivity contribution in [3.63, 3.8) is 0 Å². The SMILES string of the molecule is COc1ccc(OC)c(C2C(N)=NC(=O)N2CC2CC2)c1. The number of amidine groups is 1. The van der Waals surface area contributed by atoms with Gasteiger partial charge in [-0.2, -0.15) is 4.99 Å². The number of methoxy groups -OCH3 is 2. The smallest absolute Gasteiger partial charge is 0.346 e. The standard InChI is InChI=1S/C15H19N3O3/c1-20-10-5-6-12(21-2)11(7-10)13-14(16)17-15(19)18(13)8-9-3-4-9/h5-7,9,13H,3-4,8H2,1-2H3,(H2,16,17,19). The van der Waals surface area contributed by atoms with Crippen LogP contribution < -0.4 is 15.2 Å². The van der Waals surface area contributed by atoms with Crippen molar-refractivity contribution in [2.45, 2.75) is 18.9 Å². The maximum Gasteiger partial charge on any atom is 0.346 e. The number of urea groups is 1. The van der Waals surface area contributed by atoms with E-state index in [0.29, 0.717) is 29.8 Å². The zero-order valence-electron chi connectivity index (χ0n) is 12.2. The average Bonchev–Trinajstić information content (AvgIpc) is 3.25. The van der Waals surface area contributed by atoms with Crippen molar-refractivity contribution in [2.24, 2.45) is 16.6 Å². The lowest BCUT2D eigenvalue weighted by Crippen LogP contribution is -2.35. The lowest BCUT2D eigenvalue weighted by Gasteiger charge is -2.26. The molecule has 1 fully saturated rings. The minimum Gasteiger partial charge on any atom is -0.497 e. The monoisotopic (exact) mass is 289 g/mol. The summed E-state index contributed by atoms with van der Waals surface area (Å²) in [5, 5.41) is 0. The summed E-state index contributed by atoms with van der Waals surface area (Å²) in [6.45, 7) is 0.689. The van der Waals surface area contributed by atoms with Crippen LogP contribution >= 0.6 is 0 Å². The maximum absolute atomic E-state index is 12.1. The predicted molar refractivity (Wildman–Crippen MR) is 78.7 cm³/mol. The lowest BCUT2D eigenvalue weighted by atomic mass is 10.0. The summed E-state index contributed by atoms with van der Waals surface area (Å²) in [6.07, 6.45) is 2.32. The van der Waals surface area contributed by atoms with E-state index in [1.165, 1.54) is 0 Å². The highest BCUT2D eigenvalue weighted by molar-refractivity contribution is 6.03. The molecule has 6 heteroatoms. The number of hydrogen-bond donors (Lipinski definition) is 1. The Labute approximate surface area is 123 Å². The lowest BCUT2D eigenvalue weighted by molar-refractivity contribution is 0.203. The molecule has 2 aliphatic rings. The summed E-state index contributed by atoms with van der Waals surface area (Å²) in [4.78, 5) is 17.7. The van der Waals surface area contributed by atoms with Crippen molar-refractivity contribution >= 4 is 11.9 Å². The first kappa shape index (κ1) is 13.7. The summed E-state index contributed by atoms with van der Waals surface area (Å²) in [5.74, 6) is 2.25. The number of benzene rings is 1. The number of rotatable bonds is 5. The highest BCUT2D eigenvalue weighted by Crippen LogP contribution is 2.39. The molecule has 0 radical (unpaired) electrons. The fourth-order valence-electron chi connectivity index (χ4n) is 2.65. The molecule has 0 spiro atoms. The van der Waals surface area contributed by atoms with Crippen molar-refractivity contribution < 1.29 is 14.3 Å². The van der Waals surface area contributed by atoms with Gasteiger partial charge in [-0.25, -0.2) is 4.79 Å². The zero-order valence-corrected chi connectivity index (χ0v) is 12.2. The average molecular weight is 289 g/mol. The Hall–Kier alpha value is -2.24. The first-order valence-electron chi connectivity index (χ1n) is 7.00. The molecular weight excluding hydrogens is 270 g/mol. The molecule has 21 heavy (non-hydrogen) atoms. The van der Waals surface area contributed by atoms with Gasteiger partial charge < -0.3 is 20.1 Å². The Morgan fingerprint density at radius 2 is 2.10 bits per heavy atom. The van der Waals surface area contributed by atoms with Crippen LogP contribution in [0.25, 0.3) is 0 Å². The molecular formula is C15H19N3O3. The summed E-state index contributed by atoms with van der Waals surface area (Å²) in [5.41, 5.74) is 6.80. The van der Waals surface area contributed by atoms with Gasteiger partial charge >= 0.3 is 6.03 Å². The van der Waals surface area contributed by atoms with Gasteiger partial charge in [-0.3, -0.25) is 0 Å². The van der Waals surface area contributed by atoms with Gasteiger partial charge in [0.1, 0.15) is 23.4 Å². The van der Waals surface area contributed by atoms with Gasteiger partial charge in [-0.1, -0.05) is 0 Å². The fourth-order valence-corrected chi connectivity index (χ4v) is 2.65. The highest BCUT2D eigenvalue weighted by atomic mass is 16.5. The molecule has 0 aromatic heterocycles. The largest absolute Gasteiger partial charge is 0.497 e. The van der Waals surface area contributed by atoms with Crippen LogP contribution in [-0.4, -0.2) is 37.5 Å². The van der Waals surface area contributed by atoms with Crippen LogP contribution in [0.4, 0.5) is 4.79 Å². The molecule has 112 valence electrons. The topological polar surface area (TPSA) is 77.1 Å². The van der Waals surface area contributed by atoms with Crippen molar-refractivity contribution in [2.75, 3.05) is 20.8 Å². The van der Waals surface area contributed by atoms with Crippen molar-refractivity contribution in [3.05, 3.63) is 23.8 Å². The number of nitrogens with two attached hydrogens (primary N) is 1. The van der Waals surface area contributed by atoms with E-state index >= 15 is 0 Å². The quantitative estimate of drug-likeness (QED) is 0.898. The van der Waals surface area contributed by atoms with Gasteiger partial charge in [-0.15, -0.1) is 0 Å². The normalized spacial score (nSPS) is 21.4. The van der Waals surface area contributed by atoms with Crippen LogP contribution in [-0.2, 0) is 0 Å². The zero-order chi connectivity index (χ0) is 15.0. The van der Waals surface area contributed by atoms with Gasteiger partial charge in [-0.05, 0) is 37.0 Å². The van der Waals surface area contributed by atoms with Gasteiger partial charge in [0.15, 0.2) is 0 Å². The molecule has 1 heterocycles. The van der Waals surface area contributed by atoms with Crippen LogP contribution in [0.15, 0.2) is 23.2 Å². The molecule has 2 N–H and O–H groups in total. The maximum atomic E-state index is 12.1. The molecule has 2 amide bonds. The predicted octanol–water partition coefficient (Wildman–Crippen LogP) is 1.95. The number of hydrogen-bond acceptors (Lipinski definition) is 4. The van der Waals surface area contributed by atoms with E-state index in [0.717, 1.165) is 18.4 Å². The number of carbonyl (C=O) groups is 1. The molecule has 1 aliphatic carbocycles. The van der Waals surface area contributed by atoms with E-state index in [-0.39, 0.29) is 12.1 Å². The Morgan fingerprint density at radius 3 is 2.71 bits per heavy atom. The summed E-state index contributed by atoms with van der Waals surface area (Å²) in [6, 6.07) is 4.85. The van der Waals surface area contributed by atoms with Crippen LogP contribution in [0.5, 0.6) is 11.5 Å². The first-order chi connectivity index (χ1) is 10.1. The van der Waals surface area contributed by atoms with Gasteiger partial charge in [0.2, 0.25) is 0 Å². The number of carbonyl (C=O) groups excluding carboxylic acids is 1. The third kappa shape index (κ3) is 2.53. The van der Waals surface area contributed by atoms with Crippen LogP contribution in [0.1, 0.15) is 24.4 Å². The van der Waals surface area contributed by atoms with E-state index in [4.69, 9.17) is 15.2 Å². The van der Waals surface area contributed by atoms with E-state index in [1.807, 2.05) is 18.2 Å². The Kier molecular flexibility index (Phi) is 3.45. The van der Waals surface area contributed by atoms with Gasteiger partial charge in [0, 0.05) is 12.1 Å². The van der Waals surface area contributed by atoms with Crippen molar-refractivity contribution in [3.8, 4) is 11.5 Å². The van der Waals surface area contributed by atoms with Crippen LogP contribution in [0.3, 0.4) is 0 Å². The highest BCUT2D eigenvalue weighted by Gasteiger charge is 2.39. The van der Waals surface area contributed by atoms with E-state index in [1.54, 1.807) is 19.1 Å². The van der Waals surface area contributed by atoms with Crippen molar-refractivity contribution in [1.29, 1.82) is 0 Å². The van der Waals surface area contributed by atoms with Crippen LogP contribution in [0.2, 0.25) is 0 Å². The Balaban J connectivity index is 1.99. The van der Waals surface area contributed by atoms with Crippen LogP contribution in [0, 0.1) is 5.92 Å². The fraction of sp³-hybridized carbons (Fsp3) is 0.467. The van der Waals surface area contributed by atoms with Gasteiger partial charge in [0.25, 0.3) is 0 Å². The molecule has 0 saturated heterocycles. The molecule has 0 bridgehead atoms. The molecule has 1 unspecified atom stereocenters. The molecule has 1 aliphatic heterocycles. The third-order valence-corrected chi connectivity index (χ3v) is 3.95. The second-order valence-corrected chi connectivity index (χ2v) is 5.43. The Bertz CT molecular complexity index is 596. The summed E-state index contributed by atoms with van der Waals surface area (Å²) in [7, 11) is 3.20. The second kappa shape index (κ2) is 5.27. The van der Waals surface area contributed by atoms with E-state index in [2.05, 4.69) is 4.99 Å². The van der Waals surface area contributed by atoms with E-state index in [9.17, 15) is 4.79 Å². The summed E-state index contributed by atoms with van der Waals surface area (Å²) < 4.78 is 10.7. The molecule has 1 aromatic rings.